The maximum Gasteiger partial charge on any atom is 0.339 e. The van der Waals surface area contributed by atoms with Crippen LogP contribution in [0.1, 0.15) is 0 Å². The molecule has 0 fully saturated rings. The van der Waals surface area contributed by atoms with E-state index in [1.807, 2.05) is 30.3 Å². The lowest BCUT2D eigenvalue weighted by atomic mass is 10.1. The largest absolute Gasteiger partial charge is 0.411 e. The van der Waals surface area contributed by atoms with Gasteiger partial charge in [-0.15, -0.1) is 0 Å². The van der Waals surface area contributed by atoms with Crippen molar-refractivity contribution in [3.63, 3.8) is 0 Å². The zero-order chi connectivity index (χ0) is 9.10. The standard InChI is InChI=1S/C10H7NO2/c12-10-6-9(11-7-13-10)8-4-2-1-3-5-8/h1-7H. The molecule has 0 spiro atoms. The molecule has 0 radical (unpaired) electrons. The Morgan fingerprint density at radius 2 is 1.92 bits per heavy atom. The molecular formula is C10H7NO2. The molecule has 13 heavy (non-hydrogen) atoms. The first-order valence-electron chi connectivity index (χ1n) is 3.86. The van der Waals surface area contributed by atoms with Crippen molar-refractivity contribution < 1.29 is 4.42 Å². The summed E-state index contributed by atoms with van der Waals surface area (Å²) in [4.78, 5) is 14.8. The van der Waals surface area contributed by atoms with Crippen LogP contribution in [0.25, 0.3) is 11.3 Å². The summed E-state index contributed by atoms with van der Waals surface area (Å²) in [6, 6.07) is 10.9. The second-order valence-corrected chi connectivity index (χ2v) is 2.57. The van der Waals surface area contributed by atoms with Gasteiger partial charge >= 0.3 is 5.63 Å². The fourth-order valence-corrected chi connectivity index (χ4v) is 1.08. The number of hydrogen-bond acceptors (Lipinski definition) is 3. The summed E-state index contributed by atoms with van der Waals surface area (Å²) in [5.41, 5.74) is 1.17. The van der Waals surface area contributed by atoms with Gasteiger partial charge in [0.2, 0.25) is 0 Å². The molecule has 1 aromatic heterocycles. The van der Waals surface area contributed by atoms with Crippen LogP contribution < -0.4 is 5.63 Å². The normalized spacial score (nSPS) is 9.85. The Hall–Kier alpha value is -1.90. The average Bonchev–Trinajstić information content (AvgIpc) is 2.19. The molecule has 0 aliphatic heterocycles. The Morgan fingerprint density at radius 1 is 1.15 bits per heavy atom. The first-order valence-corrected chi connectivity index (χ1v) is 3.86. The molecule has 0 atom stereocenters. The highest BCUT2D eigenvalue weighted by Crippen LogP contribution is 2.12. The summed E-state index contributed by atoms with van der Waals surface area (Å²) in [5.74, 6) is 0. The highest BCUT2D eigenvalue weighted by molar-refractivity contribution is 5.57. The van der Waals surface area contributed by atoms with Crippen molar-refractivity contribution in [2.45, 2.75) is 0 Å². The van der Waals surface area contributed by atoms with E-state index in [4.69, 9.17) is 0 Å². The van der Waals surface area contributed by atoms with Gasteiger partial charge in [0, 0.05) is 5.56 Å². The molecule has 0 saturated heterocycles. The van der Waals surface area contributed by atoms with Crippen LogP contribution >= 0.6 is 0 Å². The van der Waals surface area contributed by atoms with Crippen molar-refractivity contribution in [3.05, 3.63) is 53.2 Å². The third-order valence-corrected chi connectivity index (χ3v) is 1.68. The van der Waals surface area contributed by atoms with E-state index in [1.165, 1.54) is 6.07 Å². The van der Waals surface area contributed by atoms with Crippen LogP contribution in [0.2, 0.25) is 0 Å². The first kappa shape index (κ1) is 7.73. The van der Waals surface area contributed by atoms with Crippen molar-refractivity contribution in [2.75, 3.05) is 0 Å². The van der Waals surface area contributed by atoms with Gasteiger partial charge in [-0.05, 0) is 0 Å². The molecule has 0 unspecified atom stereocenters. The number of aromatic nitrogens is 1. The van der Waals surface area contributed by atoms with Gasteiger partial charge in [-0.1, -0.05) is 30.3 Å². The van der Waals surface area contributed by atoms with Gasteiger partial charge in [-0.3, -0.25) is 0 Å². The summed E-state index contributed by atoms with van der Waals surface area (Å²) >= 11 is 0. The molecule has 0 aliphatic carbocycles. The Kier molecular flexibility index (Phi) is 1.92. The number of benzene rings is 1. The Balaban J connectivity index is 2.54. The fraction of sp³-hybridized carbons (Fsp3) is 0. The molecule has 1 heterocycles. The lowest BCUT2D eigenvalue weighted by Gasteiger charge is -1.96. The monoisotopic (exact) mass is 173 g/mol. The van der Waals surface area contributed by atoms with E-state index >= 15 is 0 Å². The van der Waals surface area contributed by atoms with Crippen LogP contribution in [0.15, 0.2) is 52.0 Å². The fourth-order valence-electron chi connectivity index (χ4n) is 1.08. The average molecular weight is 173 g/mol. The first-order chi connectivity index (χ1) is 6.36. The second-order valence-electron chi connectivity index (χ2n) is 2.57. The van der Waals surface area contributed by atoms with Crippen molar-refractivity contribution in [1.82, 2.24) is 4.98 Å². The summed E-state index contributed by atoms with van der Waals surface area (Å²) in [6.07, 6.45) is 1.16. The third kappa shape index (κ3) is 1.64. The van der Waals surface area contributed by atoms with Gasteiger partial charge in [0.1, 0.15) is 0 Å². The van der Waals surface area contributed by atoms with E-state index in [9.17, 15) is 4.79 Å². The molecule has 3 nitrogen and oxygen atoms in total. The number of rotatable bonds is 1. The van der Waals surface area contributed by atoms with Gasteiger partial charge in [0.15, 0.2) is 6.39 Å². The van der Waals surface area contributed by atoms with Crippen LogP contribution in [0, 0.1) is 0 Å². The van der Waals surface area contributed by atoms with Crippen LogP contribution in [-0.4, -0.2) is 4.98 Å². The third-order valence-electron chi connectivity index (χ3n) is 1.68. The highest BCUT2D eigenvalue weighted by Gasteiger charge is 1.98. The Labute approximate surface area is 74.7 Å². The summed E-state index contributed by atoms with van der Waals surface area (Å²) < 4.78 is 4.52. The molecule has 0 amide bonds. The second kappa shape index (κ2) is 3.23. The molecule has 0 N–H and O–H groups in total. The van der Waals surface area contributed by atoms with Crippen molar-refractivity contribution in [3.8, 4) is 11.3 Å². The smallest absolute Gasteiger partial charge is 0.339 e. The maximum absolute atomic E-state index is 10.9. The quantitative estimate of drug-likeness (QED) is 0.659. The minimum Gasteiger partial charge on any atom is -0.411 e. The zero-order valence-electron chi connectivity index (χ0n) is 6.81. The van der Waals surface area contributed by atoms with Gasteiger partial charge in [0.25, 0.3) is 0 Å². The predicted octanol–water partition coefficient (Wildman–Crippen LogP) is 1.70. The molecule has 3 heteroatoms. The summed E-state index contributed by atoms with van der Waals surface area (Å²) in [5, 5.41) is 0. The van der Waals surface area contributed by atoms with Gasteiger partial charge in [-0.25, -0.2) is 9.78 Å². The Morgan fingerprint density at radius 3 is 2.62 bits per heavy atom. The van der Waals surface area contributed by atoms with E-state index in [-0.39, 0.29) is 5.63 Å². The highest BCUT2D eigenvalue weighted by atomic mass is 16.4. The lowest BCUT2D eigenvalue weighted by Crippen LogP contribution is -1.97. The molecular weight excluding hydrogens is 166 g/mol. The SMILES string of the molecule is O=c1cc(-c2ccccc2)nco1. The van der Waals surface area contributed by atoms with Crippen molar-refractivity contribution in [2.24, 2.45) is 0 Å². The summed E-state index contributed by atoms with van der Waals surface area (Å²) in [6.45, 7) is 0. The van der Waals surface area contributed by atoms with Gasteiger partial charge in [0.05, 0.1) is 11.8 Å². The molecule has 0 aliphatic rings. The predicted molar refractivity (Wildman–Crippen MR) is 48.2 cm³/mol. The van der Waals surface area contributed by atoms with E-state index in [0.29, 0.717) is 5.69 Å². The minimum absolute atomic E-state index is 0.381. The minimum atomic E-state index is -0.381. The number of hydrogen-bond donors (Lipinski definition) is 0. The van der Waals surface area contributed by atoms with E-state index < -0.39 is 0 Å². The molecule has 64 valence electrons. The zero-order valence-corrected chi connectivity index (χ0v) is 6.81. The molecule has 1 aromatic carbocycles. The van der Waals surface area contributed by atoms with Crippen LogP contribution in [0.3, 0.4) is 0 Å². The van der Waals surface area contributed by atoms with Crippen molar-refractivity contribution in [1.29, 1.82) is 0 Å². The lowest BCUT2D eigenvalue weighted by molar-refractivity contribution is 0.491. The van der Waals surface area contributed by atoms with Crippen LogP contribution in [-0.2, 0) is 0 Å². The van der Waals surface area contributed by atoms with Crippen LogP contribution in [0.5, 0.6) is 0 Å². The molecule has 2 aromatic rings. The van der Waals surface area contributed by atoms with E-state index in [0.717, 1.165) is 12.0 Å². The van der Waals surface area contributed by atoms with Crippen molar-refractivity contribution >= 4 is 0 Å². The van der Waals surface area contributed by atoms with Gasteiger partial charge < -0.3 is 4.42 Å². The van der Waals surface area contributed by atoms with Crippen LogP contribution in [0.4, 0.5) is 0 Å². The van der Waals surface area contributed by atoms with Gasteiger partial charge in [-0.2, -0.15) is 0 Å². The Bertz CT molecular complexity index is 448. The number of nitrogens with zero attached hydrogens (tertiary/aromatic N) is 1. The molecule has 0 bridgehead atoms. The van der Waals surface area contributed by atoms with E-state index in [2.05, 4.69) is 9.40 Å². The van der Waals surface area contributed by atoms with E-state index in [1.54, 1.807) is 0 Å². The maximum atomic E-state index is 10.9. The summed E-state index contributed by atoms with van der Waals surface area (Å²) in [7, 11) is 0. The molecule has 2 rings (SSSR count). The topological polar surface area (TPSA) is 43.1 Å². The molecule has 0 saturated carbocycles.